The maximum Gasteiger partial charge on any atom is 0.244 e. The molecule has 0 radical (unpaired) electrons. The van der Waals surface area contributed by atoms with Gasteiger partial charge in [0.1, 0.15) is 0 Å². The van der Waals surface area contributed by atoms with E-state index in [1.165, 1.54) is 0 Å². The minimum absolute atomic E-state index is 0.0731. The molecule has 5 heteroatoms. The lowest BCUT2D eigenvalue weighted by atomic mass is 10.1. The van der Waals surface area contributed by atoms with E-state index in [4.69, 9.17) is 0 Å². The molecule has 2 aromatic rings. The molecule has 0 aromatic heterocycles. The molecule has 20 heavy (non-hydrogen) atoms. The average molecular weight is 290 g/mol. The number of likely N-dealkylation sites (N-methyl/N-ethyl adjacent to an activating group) is 1. The molecule has 1 N–H and O–H groups in total. The van der Waals surface area contributed by atoms with Crippen molar-refractivity contribution in [3.63, 3.8) is 0 Å². The number of benzene rings is 2. The fourth-order valence-corrected chi connectivity index (χ4v) is 4.50. The highest BCUT2D eigenvalue weighted by molar-refractivity contribution is 7.89. The van der Waals surface area contributed by atoms with Crippen LogP contribution in [-0.4, -0.2) is 38.4 Å². The van der Waals surface area contributed by atoms with E-state index in [0.29, 0.717) is 11.4 Å². The Morgan fingerprint density at radius 3 is 2.50 bits per heavy atom. The lowest BCUT2D eigenvalue weighted by Gasteiger charge is -2.36. The van der Waals surface area contributed by atoms with Crippen molar-refractivity contribution in [3.8, 4) is 0 Å². The molecular formula is C15H18N2O2S. The molecule has 106 valence electrons. The van der Waals surface area contributed by atoms with Crippen LogP contribution in [-0.2, 0) is 10.0 Å². The van der Waals surface area contributed by atoms with Gasteiger partial charge < -0.3 is 5.32 Å². The number of hydrogen-bond donors (Lipinski definition) is 1. The van der Waals surface area contributed by atoms with Crippen LogP contribution in [0.2, 0.25) is 0 Å². The summed E-state index contributed by atoms with van der Waals surface area (Å²) >= 11 is 0. The Bertz CT molecular complexity index is 718. The molecule has 1 aliphatic heterocycles. The van der Waals surface area contributed by atoms with Crippen LogP contribution in [0.25, 0.3) is 10.8 Å². The second kappa shape index (κ2) is 5.16. The summed E-state index contributed by atoms with van der Waals surface area (Å²) in [6.45, 7) is 3.86. The third-order valence-electron chi connectivity index (χ3n) is 3.82. The zero-order chi connectivity index (χ0) is 14.2. The fraction of sp³-hybridized carbons (Fsp3) is 0.333. The summed E-state index contributed by atoms with van der Waals surface area (Å²) in [7, 11) is -3.44. The maximum absolute atomic E-state index is 12.9. The van der Waals surface area contributed by atoms with Crippen molar-refractivity contribution in [1.82, 2.24) is 9.62 Å². The first-order valence-corrected chi connectivity index (χ1v) is 8.29. The highest BCUT2D eigenvalue weighted by Crippen LogP contribution is 2.27. The predicted molar refractivity (Wildman–Crippen MR) is 80.2 cm³/mol. The molecule has 0 unspecified atom stereocenters. The summed E-state index contributed by atoms with van der Waals surface area (Å²) in [5.74, 6) is 0. The average Bonchev–Trinajstić information content (AvgIpc) is 2.41. The van der Waals surface area contributed by atoms with Gasteiger partial charge in [-0.1, -0.05) is 43.3 Å². The van der Waals surface area contributed by atoms with Gasteiger partial charge in [-0.2, -0.15) is 4.31 Å². The molecule has 2 aromatic carbocycles. The summed E-state index contributed by atoms with van der Waals surface area (Å²) < 4.78 is 27.4. The second-order valence-corrected chi connectivity index (χ2v) is 6.86. The van der Waals surface area contributed by atoms with Gasteiger partial charge in [0.2, 0.25) is 10.0 Å². The normalized spacial score (nSPS) is 16.5. The summed E-state index contributed by atoms with van der Waals surface area (Å²) in [6, 6.07) is 13.1. The molecule has 1 aliphatic rings. The Balaban J connectivity index is 2.13. The first-order chi connectivity index (χ1) is 9.64. The monoisotopic (exact) mass is 290 g/mol. The molecule has 0 amide bonds. The van der Waals surface area contributed by atoms with Crippen molar-refractivity contribution >= 4 is 20.8 Å². The Morgan fingerprint density at radius 2 is 1.85 bits per heavy atom. The molecule has 0 saturated carbocycles. The van der Waals surface area contributed by atoms with Crippen molar-refractivity contribution < 1.29 is 8.42 Å². The number of hydrogen-bond acceptors (Lipinski definition) is 3. The zero-order valence-electron chi connectivity index (χ0n) is 11.4. The summed E-state index contributed by atoms with van der Waals surface area (Å²) in [5.41, 5.74) is 0. The van der Waals surface area contributed by atoms with Crippen LogP contribution < -0.4 is 5.32 Å². The number of sulfonamides is 1. The van der Waals surface area contributed by atoms with Crippen molar-refractivity contribution in [3.05, 3.63) is 42.5 Å². The molecule has 4 nitrogen and oxygen atoms in total. The quantitative estimate of drug-likeness (QED) is 0.934. The van der Waals surface area contributed by atoms with E-state index in [-0.39, 0.29) is 6.04 Å². The Kier molecular flexibility index (Phi) is 3.50. The molecule has 0 aliphatic carbocycles. The zero-order valence-corrected chi connectivity index (χ0v) is 12.2. The summed E-state index contributed by atoms with van der Waals surface area (Å²) in [6.07, 6.45) is 0. The molecule has 1 saturated heterocycles. The highest BCUT2D eigenvalue weighted by atomic mass is 32.2. The summed E-state index contributed by atoms with van der Waals surface area (Å²) in [4.78, 5) is 0.407. The smallest absolute Gasteiger partial charge is 0.244 e. The SMILES string of the molecule is CCN(C1CNC1)S(=O)(=O)c1cccc2ccccc12. The van der Waals surface area contributed by atoms with Crippen molar-refractivity contribution in [1.29, 1.82) is 0 Å². The Labute approximate surface area is 119 Å². The van der Waals surface area contributed by atoms with E-state index in [1.54, 1.807) is 10.4 Å². The summed E-state index contributed by atoms with van der Waals surface area (Å²) in [5, 5.41) is 4.88. The number of fused-ring (bicyclic) bond motifs is 1. The third kappa shape index (κ3) is 2.12. The highest BCUT2D eigenvalue weighted by Gasteiger charge is 2.34. The van der Waals surface area contributed by atoms with Gasteiger partial charge in [0.15, 0.2) is 0 Å². The largest absolute Gasteiger partial charge is 0.313 e. The van der Waals surface area contributed by atoms with Crippen LogP contribution in [0.4, 0.5) is 0 Å². The van der Waals surface area contributed by atoms with Crippen LogP contribution in [0.5, 0.6) is 0 Å². The first-order valence-electron chi connectivity index (χ1n) is 6.85. The molecule has 0 spiro atoms. The van der Waals surface area contributed by atoms with E-state index < -0.39 is 10.0 Å². The van der Waals surface area contributed by atoms with Gasteiger partial charge in [0, 0.05) is 31.1 Å². The van der Waals surface area contributed by atoms with Gasteiger partial charge in [-0.05, 0) is 11.5 Å². The Morgan fingerprint density at radius 1 is 1.15 bits per heavy atom. The molecule has 0 bridgehead atoms. The van der Waals surface area contributed by atoms with Crippen molar-refractivity contribution in [2.75, 3.05) is 19.6 Å². The van der Waals surface area contributed by atoms with Gasteiger partial charge in [0.05, 0.1) is 4.90 Å². The van der Waals surface area contributed by atoms with Crippen LogP contribution >= 0.6 is 0 Å². The van der Waals surface area contributed by atoms with Gasteiger partial charge in [0.25, 0.3) is 0 Å². The minimum atomic E-state index is -3.44. The molecule has 1 heterocycles. The van der Waals surface area contributed by atoms with Crippen LogP contribution in [0.1, 0.15) is 6.92 Å². The first kappa shape index (κ1) is 13.5. The lowest BCUT2D eigenvalue weighted by Crippen LogP contribution is -2.58. The van der Waals surface area contributed by atoms with Crippen LogP contribution in [0.15, 0.2) is 47.4 Å². The number of rotatable bonds is 4. The number of nitrogens with zero attached hydrogens (tertiary/aromatic N) is 1. The van der Waals surface area contributed by atoms with E-state index in [1.807, 2.05) is 43.3 Å². The van der Waals surface area contributed by atoms with Gasteiger partial charge in [-0.3, -0.25) is 0 Å². The molecular weight excluding hydrogens is 272 g/mol. The van der Waals surface area contributed by atoms with E-state index in [9.17, 15) is 8.42 Å². The third-order valence-corrected chi connectivity index (χ3v) is 5.90. The minimum Gasteiger partial charge on any atom is -0.313 e. The maximum atomic E-state index is 12.9. The van der Waals surface area contributed by atoms with Crippen molar-refractivity contribution in [2.45, 2.75) is 17.9 Å². The standard InChI is InChI=1S/C15H18N2O2S/c1-2-17(13-10-16-11-13)20(18,19)15-9-5-7-12-6-3-4-8-14(12)15/h3-9,13,16H,2,10-11H2,1H3. The molecule has 1 fully saturated rings. The van der Waals surface area contributed by atoms with Crippen LogP contribution in [0.3, 0.4) is 0 Å². The van der Waals surface area contributed by atoms with Crippen LogP contribution in [0, 0.1) is 0 Å². The van der Waals surface area contributed by atoms with Gasteiger partial charge in [-0.25, -0.2) is 8.42 Å². The van der Waals surface area contributed by atoms with E-state index in [2.05, 4.69) is 5.32 Å². The second-order valence-electron chi connectivity index (χ2n) is 5.00. The Hall–Kier alpha value is -1.43. The van der Waals surface area contributed by atoms with E-state index in [0.717, 1.165) is 23.9 Å². The lowest BCUT2D eigenvalue weighted by molar-refractivity contribution is 0.250. The fourth-order valence-electron chi connectivity index (χ4n) is 2.65. The number of nitrogens with one attached hydrogen (secondary N) is 1. The van der Waals surface area contributed by atoms with E-state index >= 15 is 0 Å². The van der Waals surface area contributed by atoms with Crippen molar-refractivity contribution in [2.24, 2.45) is 0 Å². The predicted octanol–water partition coefficient (Wildman–Crippen LogP) is 1.82. The molecule has 0 atom stereocenters. The molecule has 3 rings (SSSR count). The van der Waals surface area contributed by atoms with Gasteiger partial charge >= 0.3 is 0 Å². The van der Waals surface area contributed by atoms with Gasteiger partial charge in [-0.15, -0.1) is 0 Å². The topological polar surface area (TPSA) is 49.4 Å².